The van der Waals surface area contributed by atoms with Gasteiger partial charge in [0, 0.05) is 19.7 Å². The van der Waals surface area contributed by atoms with Gasteiger partial charge in [-0.15, -0.1) is 12.4 Å². The van der Waals surface area contributed by atoms with E-state index in [1.807, 2.05) is 0 Å². The number of methoxy groups -OCH3 is 1. The summed E-state index contributed by atoms with van der Waals surface area (Å²) < 4.78 is 5.23. The van der Waals surface area contributed by atoms with Crippen molar-refractivity contribution >= 4 is 18.3 Å². The minimum absolute atomic E-state index is 0. The molecule has 0 radical (unpaired) electrons. The molecular formula is C12H21ClN2O2. The lowest BCUT2D eigenvalue weighted by Gasteiger charge is -2.20. The van der Waals surface area contributed by atoms with Crippen molar-refractivity contribution in [1.82, 2.24) is 10.6 Å². The average Bonchev–Trinajstić information content (AvgIpc) is 2.79. The first kappa shape index (κ1) is 14.5. The first-order valence-corrected chi connectivity index (χ1v) is 6.03. The molecule has 1 aliphatic carbocycles. The Morgan fingerprint density at radius 1 is 1.53 bits per heavy atom. The van der Waals surface area contributed by atoms with Gasteiger partial charge in [-0.1, -0.05) is 12.2 Å². The van der Waals surface area contributed by atoms with E-state index in [9.17, 15) is 4.79 Å². The van der Waals surface area contributed by atoms with Crippen LogP contribution in [-0.2, 0) is 9.53 Å². The number of allylic oxidation sites excluding steroid dienone is 1. The van der Waals surface area contributed by atoms with Crippen LogP contribution in [0.4, 0.5) is 0 Å². The van der Waals surface area contributed by atoms with Crippen LogP contribution in [0, 0.1) is 0 Å². The van der Waals surface area contributed by atoms with Gasteiger partial charge in [-0.3, -0.25) is 4.79 Å². The summed E-state index contributed by atoms with van der Waals surface area (Å²) in [4.78, 5) is 11.9. The smallest absolute Gasteiger partial charge is 0.237 e. The van der Waals surface area contributed by atoms with Gasteiger partial charge in [0.05, 0.1) is 12.1 Å². The van der Waals surface area contributed by atoms with Crippen molar-refractivity contribution in [3.05, 3.63) is 12.2 Å². The Labute approximate surface area is 109 Å². The second-order valence-electron chi connectivity index (χ2n) is 4.53. The summed E-state index contributed by atoms with van der Waals surface area (Å²) in [6.45, 7) is 0.773. The Morgan fingerprint density at radius 3 is 2.94 bits per heavy atom. The third-order valence-electron chi connectivity index (χ3n) is 3.32. The molecule has 2 N–H and O–H groups in total. The Morgan fingerprint density at radius 2 is 2.35 bits per heavy atom. The zero-order valence-electron chi connectivity index (χ0n) is 10.1. The molecule has 0 saturated carbocycles. The fourth-order valence-electron chi connectivity index (χ4n) is 2.30. The highest BCUT2D eigenvalue weighted by atomic mass is 35.5. The molecule has 0 aromatic carbocycles. The number of ether oxygens (including phenoxy) is 1. The van der Waals surface area contributed by atoms with Gasteiger partial charge < -0.3 is 15.4 Å². The van der Waals surface area contributed by atoms with Crippen LogP contribution in [0.25, 0.3) is 0 Å². The summed E-state index contributed by atoms with van der Waals surface area (Å²) in [5, 5.41) is 6.25. The zero-order valence-corrected chi connectivity index (χ0v) is 11.0. The molecule has 2 aliphatic rings. The van der Waals surface area contributed by atoms with Crippen molar-refractivity contribution in [3.8, 4) is 0 Å². The van der Waals surface area contributed by atoms with Gasteiger partial charge in [-0.05, 0) is 25.7 Å². The fraction of sp³-hybridized carbons (Fsp3) is 0.750. The molecule has 3 atom stereocenters. The number of rotatable bonds is 3. The van der Waals surface area contributed by atoms with E-state index in [0.29, 0.717) is 0 Å². The van der Waals surface area contributed by atoms with E-state index in [0.717, 1.165) is 25.8 Å². The highest BCUT2D eigenvalue weighted by Crippen LogP contribution is 2.13. The monoisotopic (exact) mass is 260 g/mol. The van der Waals surface area contributed by atoms with Crippen molar-refractivity contribution in [2.45, 2.75) is 43.9 Å². The van der Waals surface area contributed by atoms with Gasteiger partial charge in [0.2, 0.25) is 5.91 Å². The molecule has 1 fully saturated rings. The molecule has 1 unspecified atom stereocenters. The molecule has 2 rings (SSSR count). The van der Waals surface area contributed by atoms with Gasteiger partial charge in [0.25, 0.3) is 0 Å². The zero-order chi connectivity index (χ0) is 11.4. The Kier molecular flexibility index (Phi) is 5.95. The lowest BCUT2D eigenvalue weighted by Crippen LogP contribution is -2.44. The van der Waals surface area contributed by atoms with Crippen molar-refractivity contribution in [2.24, 2.45) is 0 Å². The van der Waals surface area contributed by atoms with E-state index in [4.69, 9.17) is 4.74 Å². The largest absolute Gasteiger partial charge is 0.380 e. The minimum atomic E-state index is -0.0831. The maximum atomic E-state index is 11.9. The van der Waals surface area contributed by atoms with E-state index < -0.39 is 0 Å². The quantitative estimate of drug-likeness (QED) is 0.745. The van der Waals surface area contributed by atoms with Crippen LogP contribution in [0.3, 0.4) is 0 Å². The number of carbonyl (C=O) groups is 1. The molecule has 0 spiro atoms. The van der Waals surface area contributed by atoms with Crippen molar-refractivity contribution in [2.75, 3.05) is 13.7 Å². The van der Waals surface area contributed by atoms with E-state index in [1.165, 1.54) is 6.42 Å². The van der Waals surface area contributed by atoms with Crippen molar-refractivity contribution in [3.63, 3.8) is 0 Å². The van der Waals surface area contributed by atoms with E-state index >= 15 is 0 Å². The molecule has 4 nitrogen and oxygen atoms in total. The summed E-state index contributed by atoms with van der Waals surface area (Å²) >= 11 is 0. The van der Waals surface area contributed by atoms with Gasteiger partial charge in [0.1, 0.15) is 0 Å². The van der Waals surface area contributed by atoms with Crippen molar-refractivity contribution < 1.29 is 9.53 Å². The normalized spacial score (nSPS) is 31.9. The molecule has 98 valence electrons. The maximum Gasteiger partial charge on any atom is 0.237 e. The van der Waals surface area contributed by atoms with Crippen LogP contribution in [0.15, 0.2) is 12.2 Å². The molecule has 0 bridgehead atoms. The lowest BCUT2D eigenvalue weighted by molar-refractivity contribution is -0.123. The third kappa shape index (κ3) is 3.98. The highest BCUT2D eigenvalue weighted by Gasteiger charge is 2.30. The predicted molar refractivity (Wildman–Crippen MR) is 69.4 cm³/mol. The Bertz CT molecular complexity index is 284. The van der Waals surface area contributed by atoms with Crippen LogP contribution in [0.1, 0.15) is 25.7 Å². The van der Waals surface area contributed by atoms with Crippen LogP contribution in [-0.4, -0.2) is 37.7 Å². The number of hydrogen-bond acceptors (Lipinski definition) is 3. The highest BCUT2D eigenvalue weighted by molar-refractivity contribution is 5.85. The molecule has 1 amide bonds. The summed E-state index contributed by atoms with van der Waals surface area (Å²) in [6.07, 6.45) is 8.57. The fourth-order valence-corrected chi connectivity index (χ4v) is 2.30. The number of amides is 1. The van der Waals surface area contributed by atoms with Crippen molar-refractivity contribution in [1.29, 1.82) is 0 Å². The molecule has 0 aromatic rings. The van der Waals surface area contributed by atoms with Crippen LogP contribution in [0.2, 0.25) is 0 Å². The molecule has 1 saturated heterocycles. The van der Waals surface area contributed by atoms with Gasteiger partial charge >= 0.3 is 0 Å². The molecular weight excluding hydrogens is 240 g/mol. The summed E-state index contributed by atoms with van der Waals surface area (Å²) in [5.41, 5.74) is 0. The second kappa shape index (κ2) is 6.99. The molecule has 0 aromatic heterocycles. The number of nitrogens with one attached hydrogen (secondary N) is 2. The number of hydrogen-bond donors (Lipinski definition) is 2. The minimum Gasteiger partial charge on any atom is -0.380 e. The second-order valence-corrected chi connectivity index (χ2v) is 4.53. The van der Waals surface area contributed by atoms with Gasteiger partial charge in [-0.2, -0.15) is 0 Å². The first-order valence-electron chi connectivity index (χ1n) is 6.03. The van der Waals surface area contributed by atoms with E-state index in [2.05, 4.69) is 22.8 Å². The summed E-state index contributed by atoms with van der Waals surface area (Å²) in [7, 11) is 1.69. The topological polar surface area (TPSA) is 50.4 Å². The predicted octanol–water partition coefficient (Wildman–Crippen LogP) is 1.01. The third-order valence-corrected chi connectivity index (χ3v) is 3.32. The van der Waals surface area contributed by atoms with Crippen LogP contribution >= 0.6 is 12.4 Å². The first-order chi connectivity index (χ1) is 7.79. The molecule has 5 heteroatoms. The molecule has 1 heterocycles. The van der Waals surface area contributed by atoms with E-state index in [1.54, 1.807) is 7.11 Å². The Hall–Kier alpha value is -0.580. The maximum absolute atomic E-state index is 11.9. The SMILES string of the molecule is CO[C@@H]1CN[C@@H](C(=O)NC2C=CCCC2)C1.Cl. The number of halogens is 1. The van der Waals surface area contributed by atoms with Crippen LogP contribution < -0.4 is 10.6 Å². The van der Waals surface area contributed by atoms with Crippen LogP contribution in [0.5, 0.6) is 0 Å². The number of carbonyl (C=O) groups excluding carboxylic acids is 1. The molecule has 1 aliphatic heterocycles. The van der Waals surface area contributed by atoms with E-state index in [-0.39, 0.29) is 36.5 Å². The molecule has 17 heavy (non-hydrogen) atoms. The standard InChI is InChI=1S/C12H20N2O2.ClH/c1-16-10-7-11(13-8-10)12(15)14-9-5-3-2-4-6-9;/h3,5,9-11,13H,2,4,6-8H2,1H3,(H,14,15);1H/t9?,10-,11+;/m0./s1. The van der Waals surface area contributed by atoms with Gasteiger partial charge in [0.15, 0.2) is 0 Å². The average molecular weight is 261 g/mol. The van der Waals surface area contributed by atoms with Gasteiger partial charge in [-0.25, -0.2) is 0 Å². The lowest BCUT2D eigenvalue weighted by atomic mass is 10.0. The summed E-state index contributed by atoms with van der Waals surface area (Å²) in [6, 6.07) is 0.143. The Balaban J connectivity index is 0.00000144. The summed E-state index contributed by atoms with van der Waals surface area (Å²) in [5.74, 6) is 0.108.